The smallest absolute Gasteiger partial charge is 0.0528 e. The van der Waals surface area contributed by atoms with Crippen molar-refractivity contribution < 1.29 is 0 Å². The minimum atomic E-state index is 0.736. The molecule has 1 heterocycles. The molecule has 0 atom stereocenters. The summed E-state index contributed by atoms with van der Waals surface area (Å²) in [5, 5.41) is 4.00. The summed E-state index contributed by atoms with van der Waals surface area (Å²) in [4.78, 5) is 4.35. The van der Waals surface area contributed by atoms with Crippen molar-refractivity contribution >= 4 is 23.4 Å². The molecule has 19 heavy (non-hydrogen) atoms. The maximum atomic E-state index is 6.03. The Balaban J connectivity index is 2.33. The molecule has 0 radical (unpaired) electrons. The number of rotatable bonds is 3. The molecule has 0 spiro atoms. The lowest BCUT2D eigenvalue weighted by Crippen LogP contribution is -2.10. The zero-order valence-electron chi connectivity index (χ0n) is 11.2. The van der Waals surface area contributed by atoms with Gasteiger partial charge in [0.1, 0.15) is 0 Å². The molecule has 0 fully saturated rings. The molecule has 3 heteroatoms. The van der Waals surface area contributed by atoms with Gasteiger partial charge in [-0.25, -0.2) is 0 Å². The van der Waals surface area contributed by atoms with Gasteiger partial charge in [-0.1, -0.05) is 23.7 Å². The molecule has 98 valence electrons. The highest BCUT2D eigenvalue weighted by Gasteiger charge is 2.02. The van der Waals surface area contributed by atoms with E-state index in [4.69, 9.17) is 11.6 Å². The summed E-state index contributed by atoms with van der Waals surface area (Å²) >= 11 is 6.03. The van der Waals surface area contributed by atoms with Gasteiger partial charge in [-0.05, 0) is 49.3 Å². The number of aliphatic imine (C=N–C) groups is 1. The molecule has 0 amide bonds. The largest absolute Gasteiger partial charge is 0.384 e. The quantitative estimate of drug-likeness (QED) is 0.876. The van der Waals surface area contributed by atoms with Crippen molar-refractivity contribution in [3.8, 4) is 0 Å². The van der Waals surface area contributed by atoms with E-state index in [-0.39, 0.29) is 0 Å². The van der Waals surface area contributed by atoms with Crippen molar-refractivity contribution in [2.75, 3.05) is 6.54 Å². The van der Waals surface area contributed by atoms with Crippen molar-refractivity contribution in [2.24, 2.45) is 4.99 Å². The molecule has 0 bridgehead atoms. The Kier molecular flexibility index (Phi) is 4.58. The third kappa shape index (κ3) is 3.83. The first-order valence-electron chi connectivity index (χ1n) is 6.32. The molecule has 1 aliphatic heterocycles. The van der Waals surface area contributed by atoms with Crippen molar-refractivity contribution in [2.45, 2.75) is 13.8 Å². The average molecular weight is 273 g/mol. The minimum absolute atomic E-state index is 0.736. The predicted molar refractivity (Wildman–Crippen MR) is 83.4 cm³/mol. The molecule has 0 aromatic heterocycles. The molecule has 2 rings (SSSR count). The Morgan fingerprint density at radius 3 is 2.84 bits per heavy atom. The summed E-state index contributed by atoms with van der Waals surface area (Å²) in [7, 11) is 0. The first kappa shape index (κ1) is 13.6. The number of nitrogens with zero attached hydrogens (tertiary/aromatic N) is 1. The standard InChI is InChI=1S/C16H17ClN2/c1-3-19-16-8-12(2)7-14(10-18-11-16)13-5-4-6-15(17)9-13/h4-11,19H,3H2,1-2H3/b12-7?,12-8?,14-7+,14-10?,16-8?,16-11?,18-10?,18-11?. The van der Waals surface area contributed by atoms with Crippen LogP contribution >= 0.6 is 11.6 Å². The normalized spacial score (nSPS) is 17.7. The van der Waals surface area contributed by atoms with Gasteiger partial charge in [0.2, 0.25) is 0 Å². The Labute approximate surface area is 119 Å². The second-order valence-corrected chi connectivity index (χ2v) is 4.83. The predicted octanol–water partition coefficient (Wildman–Crippen LogP) is 4.21. The molecule has 1 N–H and O–H groups in total. The van der Waals surface area contributed by atoms with Crippen molar-refractivity contribution in [3.63, 3.8) is 0 Å². The highest BCUT2D eigenvalue weighted by atomic mass is 35.5. The second-order valence-electron chi connectivity index (χ2n) is 4.39. The van der Waals surface area contributed by atoms with Crippen molar-refractivity contribution in [1.29, 1.82) is 0 Å². The lowest BCUT2D eigenvalue weighted by Gasteiger charge is -2.08. The lowest BCUT2D eigenvalue weighted by molar-refractivity contribution is 0.873. The van der Waals surface area contributed by atoms with Crippen LogP contribution in [0.2, 0.25) is 5.02 Å². The summed E-state index contributed by atoms with van der Waals surface area (Å²) in [6, 6.07) is 7.80. The maximum Gasteiger partial charge on any atom is 0.0528 e. The van der Waals surface area contributed by atoms with Crippen LogP contribution in [-0.2, 0) is 0 Å². The van der Waals surface area contributed by atoms with Crippen LogP contribution in [0, 0.1) is 0 Å². The molecule has 0 aliphatic carbocycles. The van der Waals surface area contributed by atoms with Crippen LogP contribution < -0.4 is 5.32 Å². The fraction of sp³-hybridized carbons (Fsp3) is 0.188. The highest BCUT2D eigenvalue weighted by molar-refractivity contribution is 6.31. The van der Waals surface area contributed by atoms with Crippen LogP contribution in [0.4, 0.5) is 0 Å². The summed E-state index contributed by atoms with van der Waals surface area (Å²) in [5.41, 5.74) is 4.33. The van der Waals surface area contributed by atoms with Crippen LogP contribution in [0.5, 0.6) is 0 Å². The van der Waals surface area contributed by atoms with Gasteiger partial charge in [0.25, 0.3) is 0 Å². The SMILES string of the molecule is CCNC1=CN=C/C(c2cccc(Cl)c2)=C\C(C)=C1. The number of hydrogen-bond acceptors (Lipinski definition) is 2. The van der Waals surface area contributed by atoms with E-state index in [1.54, 1.807) is 0 Å². The van der Waals surface area contributed by atoms with E-state index in [9.17, 15) is 0 Å². The third-order valence-corrected chi connectivity index (χ3v) is 2.97. The van der Waals surface area contributed by atoms with Crippen LogP contribution in [0.25, 0.3) is 5.57 Å². The van der Waals surface area contributed by atoms with E-state index in [0.717, 1.165) is 28.4 Å². The summed E-state index contributed by atoms with van der Waals surface area (Å²) in [6.07, 6.45) is 7.90. The maximum absolute atomic E-state index is 6.03. The van der Waals surface area contributed by atoms with Gasteiger partial charge in [0, 0.05) is 29.6 Å². The van der Waals surface area contributed by atoms with Crippen molar-refractivity contribution in [1.82, 2.24) is 5.32 Å². The molecule has 1 aliphatic rings. The molecule has 0 saturated heterocycles. The van der Waals surface area contributed by atoms with E-state index in [1.165, 1.54) is 5.57 Å². The van der Waals surface area contributed by atoms with Gasteiger partial charge in [0.05, 0.1) is 5.70 Å². The van der Waals surface area contributed by atoms with Gasteiger partial charge in [-0.3, -0.25) is 4.99 Å². The lowest BCUT2D eigenvalue weighted by atomic mass is 10.0. The van der Waals surface area contributed by atoms with Crippen LogP contribution in [0.15, 0.2) is 58.9 Å². The molecular formula is C16H17ClN2. The van der Waals surface area contributed by atoms with Gasteiger partial charge in [-0.15, -0.1) is 0 Å². The summed E-state index contributed by atoms with van der Waals surface area (Å²) in [5.74, 6) is 0. The average Bonchev–Trinajstić information content (AvgIpc) is 2.35. The van der Waals surface area contributed by atoms with E-state index in [1.807, 2.05) is 36.7 Å². The number of allylic oxidation sites excluding steroid dienone is 4. The zero-order valence-corrected chi connectivity index (χ0v) is 11.9. The molecule has 0 saturated carbocycles. The van der Waals surface area contributed by atoms with Crippen LogP contribution in [0.1, 0.15) is 19.4 Å². The molecule has 1 aromatic rings. The Morgan fingerprint density at radius 2 is 2.11 bits per heavy atom. The second kappa shape index (κ2) is 6.39. The van der Waals surface area contributed by atoms with Gasteiger partial charge in [-0.2, -0.15) is 0 Å². The summed E-state index contributed by atoms with van der Waals surface area (Å²) < 4.78 is 0. The first-order valence-corrected chi connectivity index (χ1v) is 6.70. The number of halogens is 1. The van der Waals surface area contributed by atoms with E-state index in [2.05, 4.69) is 36.3 Å². The molecule has 1 aromatic carbocycles. The number of nitrogens with one attached hydrogen (secondary N) is 1. The number of hydrogen-bond donors (Lipinski definition) is 1. The Bertz CT molecular complexity index is 580. The minimum Gasteiger partial charge on any atom is -0.384 e. The van der Waals surface area contributed by atoms with E-state index >= 15 is 0 Å². The zero-order chi connectivity index (χ0) is 13.7. The van der Waals surface area contributed by atoms with E-state index < -0.39 is 0 Å². The fourth-order valence-electron chi connectivity index (χ4n) is 1.93. The number of benzene rings is 1. The molecule has 2 nitrogen and oxygen atoms in total. The third-order valence-electron chi connectivity index (χ3n) is 2.73. The van der Waals surface area contributed by atoms with Gasteiger partial charge < -0.3 is 5.32 Å². The summed E-state index contributed by atoms with van der Waals surface area (Å²) in [6.45, 7) is 5.03. The monoisotopic (exact) mass is 272 g/mol. The first-order chi connectivity index (χ1) is 9.19. The molecular weight excluding hydrogens is 256 g/mol. The fourth-order valence-corrected chi connectivity index (χ4v) is 2.12. The van der Waals surface area contributed by atoms with Gasteiger partial charge in [0.15, 0.2) is 0 Å². The Morgan fingerprint density at radius 1 is 1.26 bits per heavy atom. The topological polar surface area (TPSA) is 24.4 Å². The van der Waals surface area contributed by atoms with Crippen molar-refractivity contribution in [3.05, 3.63) is 64.5 Å². The van der Waals surface area contributed by atoms with Gasteiger partial charge >= 0.3 is 0 Å². The van der Waals surface area contributed by atoms with Crippen LogP contribution in [0.3, 0.4) is 0 Å². The number of likely N-dealkylation sites (N-methyl/N-ethyl adjacent to an activating group) is 1. The highest BCUT2D eigenvalue weighted by Crippen LogP contribution is 2.20. The molecule has 0 unspecified atom stereocenters. The van der Waals surface area contributed by atoms with E-state index in [0.29, 0.717) is 0 Å². The van der Waals surface area contributed by atoms with Crippen LogP contribution in [-0.4, -0.2) is 12.8 Å². The Hall–Kier alpha value is -1.80.